The van der Waals surface area contributed by atoms with Gasteiger partial charge in [0.15, 0.2) is 0 Å². The first-order valence-corrected chi connectivity index (χ1v) is 8.41. The fraction of sp³-hybridized carbons (Fsp3) is 0.526. The van der Waals surface area contributed by atoms with Crippen LogP contribution in [-0.4, -0.2) is 28.1 Å². The highest BCUT2D eigenvalue weighted by molar-refractivity contribution is 5.84. The molecule has 2 aromatic rings. The van der Waals surface area contributed by atoms with E-state index in [-0.39, 0.29) is 5.91 Å². The smallest absolute Gasteiger partial charge is 0.220 e. The van der Waals surface area contributed by atoms with Crippen LogP contribution >= 0.6 is 0 Å². The number of para-hydroxylation sites is 1. The number of rotatable bonds is 8. The maximum atomic E-state index is 12.0. The van der Waals surface area contributed by atoms with Crippen LogP contribution in [0.3, 0.4) is 0 Å². The summed E-state index contributed by atoms with van der Waals surface area (Å²) < 4.78 is 0. The van der Waals surface area contributed by atoms with Crippen molar-refractivity contribution in [3.05, 3.63) is 36.0 Å². The first-order valence-electron chi connectivity index (χ1n) is 8.41. The zero-order chi connectivity index (χ0) is 16.9. The van der Waals surface area contributed by atoms with E-state index >= 15 is 0 Å². The van der Waals surface area contributed by atoms with Crippen molar-refractivity contribution < 1.29 is 9.90 Å². The quantitative estimate of drug-likeness (QED) is 0.699. The van der Waals surface area contributed by atoms with E-state index in [2.05, 4.69) is 30.2 Å². The monoisotopic (exact) mass is 316 g/mol. The molecule has 0 bridgehead atoms. The zero-order valence-corrected chi connectivity index (χ0v) is 14.4. The van der Waals surface area contributed by atoms with Gasteiger partial charge in [-0.1, -0.05) is 32.0 Å². The fourth-order valence-corrected chi connectivity index (χ4v) is 2.65. The Kier molecular flexibility index (Phi) is 5.83. The number of aryl methyl sites for hydroxylation is 1. The molecule has 2 rings (SSSR count). The fourth-order valence-electron chi connectivity index (χ4n) is 2.65. The normalized spacial score (nSPS) is 14.1. The molecule has 3 N–H and O–H groups in total. The maximum Gasteiger partial charge on any atom is 0.220 e. The Bertz CT molecular complexity index is 644. The molecule has 4 nitrogen and oxygen atoms in total. The maximum absolute atomic E-state index is 12.0. The Morgan fingerprint density at radius 3 is 2.83 bits per heavy atom. The number of hydrogen-bond acceptors (Lipinski definition) is 2. The van der Waals surface area contributed by atoms with Gasteiger partial charge in [-0.15, -0.1) is 0 Å². The number of carbonyl (C=O) groups is 1. The highest BCUT2D eigenvalue weighted by Gasteiger charge is 2.21. The number of aromatic nitrogens is 1. The number of nitrogens with one attached hydrogen (secondary N) is 2. The molecule has 1 amide bonds. The molecule has 126 valence electrons. The SMILES string of the molecule is CC(C)CCC(C)(O)CNC(=O)CCc1c[nH]c2ccccc12. The minimum atomic E-state index is -0.833. The predicted molar refractivity (Wildman–Crippen MR) is 94.3 cm³/mol. The van der Waals surface area contributed by atoms with Gasteiger partial charge in [-0.25, -0.2) is 0 Å². The van der Waals surface area contributed by atoms with Crippen LogP contribution in [-0.2, 0) is 11.2 Å². The Labute approximate surface area is 138 Å². The molecule has 0 aliphatic rings. The average Bonchev–Trinajstić information content (AvgIpc) is 2.92. The Hall–Kier alpha value is -1.81. The van der Waals surface area contributed by atoms with Gasteiger partial charge in [0.25, 0.3) is 0 Å². The number of amides is 1. The first kappa shape index (κ1) is 17.5. The van der Waals surface area contributed by atoms with Crippen LogP contribution in [0.5, 0.6) is 0 Å². The Morgan fingerprint density at radius 1 is 1.35 bits per heavy atom. The number of aliphatic hydroxyl groups is 1. The summed E-state index contributed by atoms with van der Waals surface area (Å²) in [6.45, 7) is 6.37. The van der Waals surface area contributed by atoms with Crippen molar-refractivity contribution in [2.45, 2.75) is 52.1 Å². The lowest BCUT2D eigenvalue weighted by Crippen LogP contribution is -2.40. The second-order valence-corrected chi connectivity index (χ2v) is 7.07. The molecular formula is C19H28N2O2. The highest BCUT2D eigenvalue weighted by atomic mass is 16.3. The molecule has 0 radical (unpaired) electrons. The van der Waals surface area contributed by atoms with Crippen molar-refractivity contribution in [1.82, 2.24) is 10.3 Å². The lowest BCUT2D eigenvalue weighted by Gasteiger charge is -2.24. The molecule has 0 fully saturated rings. The summed E-state index contributed by atoms with van der Waals surface area (Å²) in [4.78, 5) is 15.3. The third-order valence-corrected chi connectivity index (χ3v) is 4.22. The van der Waals surface area contributed by atoms with Gasteiger partial charge in [0, 0.05) is 30.1 Å². The van der Waals surface area contributed by atoms with Crippen LogP contribution in [0.25, 0.3) is 10.9 Å². The summed E-state index contributed by atoms with van der Waals surface area (Å²) in [7, 11) is 0. The van der Waals surface area contributed by atoms with E-state index in [1.165, 1.54) is 5.39 Å². The molecule has 0 saturated heterocycles. The van der Waals surface area contributed by atoms with Crippen LogP contribution in [0.2, 0.25) is 0 Å². The Balaban J connectivity index is 1.79. The van der Waals surface area contributed by atoms with Crippen molar-refractivity contribution in [3.63, 3.8) is 0 Å². The number of hydrogen-bond donors (Lipinski definition) is 3. The number of aromatic amines is 1. The molecule has 0 aliphatic carbocycles. The molecule has 1 heterocycles. The minimum absolute atomic E-state index is 0.0138. The molecular weight excluding hydrogens is 288 g/mol. The summed E-state index contributed by atoms with van der Waals surface area (Å²) in [5.74, 6) is 0.541. The highest BCUT2D eigenvalue weighted by Crippen LogP contribution is 2.19. The molecule has 23 heavy (non-hydrogen) atoms. The molecule has 0 aliphatic heterocycles. The van der Waals surface area contributed by atoms with Crippen LogP contribution in [0.4, 0.5) is 0 Å². The third kappa shape index (κ3) is 5.39. The van der Waals surface area contributed by atoms with E-state index in [4.69, 9.17) is 0 Å². The van der Waals surface area contributed by atoms with Gasteiger partial charge < -0.3 is 15.4 Å². The van der Waals surface area contributed by atoms with Crippen LogP contribution in [0, 0.1) is 5.92 Å². The summed E-state index contributed by atoms with van der Waals surface area (Å²) >= 11 is 0. The van der Waals surface area contributed by atoms with E-state index in [0.29, 0.717) is 31.7 Å². The number of H-pyrrole nitrogens is 1. The predicted octanol–water partition coefficient (Wildman–Crippen LogP) is 3.40. The summed E-state index contributed by atoms with van der Waals surface area (Å²) in [5.41, 5.74) is 1.42. The average molecular weight is 316 g/mol. The van der Waals surface area contributed by atoms with E-state index in [1.54, 1.807) is 6.92 Å². The molecule has 4 heteroatoms. The number of benzene rings is 1. The largest absolute Gasteiger partial charge is 0.388 e. The molecule has 0 saturated carbocycles. The second kappa shape index (κ2) is 7.64. The van der Waals surface area contributed by atoms with E-state index < -0.39 is 5.60 Å². The van der Waals surface area contributed by atoms with Crippen LogP contribution in [0.1, 0.15) is 45.6 Å². The van der Waals surface area contributed by atoms with Gasteiger partial charge in [0.1, 0.15) is 0 Å². The van der Waals surface area contributed by atoms with Gasteiger partial charge in [-0.2, -0.15) is 0 Å². The van der Waals surface area contributed by atoms with Gasteiger partial charge in [0.05, 0.1) is 5.60 Å². The molecule has 1 atom stereocenters. The topological polar surface area (TPSA) is 65.1 Å². The van der Waals surface area contributed by atoms with E-state index in [0.717, 1.165) is 17.5 Å². The van der Waals surface area contributed by atoms with Crippen molar-refractivity contribution >= 4 is 16.8 Å². The van der Waals surface area contributed by atoms with Crippen molar-refractivity contribution in [2.75, 3.05) is 6.54 Å². The van der Waals surface area contributed by atoms with Crippen molar-refractivity contribution in [3.8, 4) is 0 Å². The van der Waals surface area contributed by atoms with Gasteiger partial charge >= 0.3 is 0 Å². The van der Waals surface area contributed by atoms with Crippen LogP contribution < -0.4 is 5.32 Å². The van der Waals surface area contributed by atoms with Crippen molar-refractivity contribution in [2.24, 2.45) is 5.92 Å². The lowest BCUT2D eigenvalue weighted by molar-refractivity contribution is -0.122. The first-order chi connectivity index (χ1) is 10.9. The number of carbonyl (C=O) groups excluding carboxylic acids is 1. The van der Waals surface area contributed by atoms with Crippen molar-refractivity contribution in [1.29, 1.82) is 0 Å². The molecule has 0 spiro atoms. The summed E-state index contributed by atoms with van der Waals surface area (Å²) in [6, 6.07) is 8.10. The lowest BCUT2D eigenvalue weighted by atomic mass is 9.95. The van der Waals surface area contributed by atoms with Gasteiger partial charge in [0.2, 0.25) is 5.91 Å². The molecule has 1 aromatic carbocycles. The second-order valence-electron chi connectivity index (χ2n) is 7.07. The summed E-state index contributed by atoms with van der Waals surface area (Å²) in [6.07, 6.45) is 4.76. The van der Waals surface area contributed by atoms with Crippen LogP contribution in [0.15, 0.2) is 30.5 Å². The third-order valence-electron chi connectivity index (χ3n) is 4.22. The van der Waals surface area contributed by atoms with E-state index in [9.17, 15) is 9.90 Å². The summed E-state index contributed by atoms with van der Waals surface area (Å²) in [5, 5.41) is 14.3. The molecule has 1 unspecified atom stereocenters. The number of fused-ring (bicyclic) bond motifs is 1. The van der Waals surface area contributed by atoms with Gasteiger partial charge in [-0.3, -0.25) is 4.79 Å². The van der Waals surface area contributed by atoms with E-state index in [1.807, 2.05) is 24.4 Å². The standard InChI is InChI=1S/C19H28N2O2/c1-14(2)10-11-19(3,23)13-21-18(22)9-8-15-12-20-17-7-5-4-6-16(15)17/h4-7,12,14,20,23H,8-11,13H2,1-3H3,(H,21,22). The van der Waals surface area contributed by atoms with Gasteiger partial charge in [-0.05, 0) is 43.7 Å². The molecule has 1 aromatic heterocycles. The zero-order valence-electron chi connectivity index (χ0n) is 14.4. The Morgan fingerprint density at radius 2 is 2.09 bits per heavy atom. The minimum Gasteiger partial charge on any atom is -0.388 e.